The molecule has 0 fully saturated rings. The highest BCUT2D eigenvalue weighted by Gasteiger charge is 2.16. The van der Waals surface area contributed by atoms with Crippen molar-refractivity contribution in [1.82, 2.24) is 14.8 Å². The second-order valence-electron chi connectivity index (χ2n) is 6.74. The van der Waals surface area contributed by atoms with Crippen LogP contribution in [0.4, 0.5) is 0 Å². The predicted octanol–water partition coefficient (Wildman–Crippen LogP) is 4.07. The molecule has 7 heteroatoms. The molecule has 0 spiro atoms. The summed E-state index contributed by atoms with van der Waals surface area (Å²) in [4.78, 5) is 0. The summed E-state index contributed by atoms with van der Waals surface area (Å²) >= 11 is 1.47. The molecule has 6 nitrogen and oxygen atoms in total. The van der Waals surface area contributed by atoms with Crippen molar-refractivity contribution in [3.8, 4) is 23.2 Å². The first-order valence-corrected chi connectivity index (χ1v) is 10.5. The molecule has 3 rings (SSSR count). The third-order valence-electron chi connectivity index (χ3n) is 4.27. The van der Waals surface area contributed by atoms with Gasteiger partial charge in [0.25, 0.3) is 0 Å². The lowest BCUT2D eigenvalue weighted by Gasteiger charge is -2.13. The van der Waals surface area contributed by atoms with Gasteiger partial charge in [0.1, 0.15) is 12.4 Å². The quantitative estimate of drug-likeness (QED) is 0.538. The van der Waals surface area contributed by atoms with E-state index in [4.69, 9.17) is 10.00 Å². The van der Waals surface area contributed by atoms with Crippen LogP contribution in [-0.2, 0) is 6.54 Å². The zero-order chi connectivity index (χ0) is 20.6. The summed E-state index contributed by atoms with van der Waals surface area (Å²) in [5.74, 6) is 1.93. The van der Waals surface area contributed by atoms with E-state index in [1.165, 1.54) is 17.3 Å². The van der Waals surface area contributed by atoms with Crippen LogP contribution in [0.5, 0.6) is 5.75 Å². The van der Waals surface area contributed by atoms with Gasteiger partial charge in [-0.05, 0) is 43.7 Å². The molecule has 1 atom stereocenters. The zero-order valence-corrected chi connectivity index (χ0v) is 17.4. The Morgan fingerprint density at radius 1 is 1.21 bits per heavy atom. The van der Waals surface area contributed by atoms with Gasteiger partial charge in [-0.15, -0.1) is 10.2 Å². The molecular weight excluding hydrogens is 384 g/mol. The monoisotopic (exact) mass is 408 g/mol. The van der Waals surface area contributed by atoms with E-state index in [1.54, 1.807) is 24.3 Å². The molecule has 29 heavy (non-hydrogen) atoms. The van der Waals surface area contributed by atoms with E-state index in [9.17, 15) is 5.11 Å². The fourth-order valence-corrected chi connectivity index (χ4v) is 3.73. The molecule has 1 N–H and O–H groups in total. The van der Waals surface area contributed by atoms with Gasteiger partial charge >= 0.3 is 0 Å². The molecule has 0 aliphatic heterocycles. The van der Waals surface area contributed by atoms with Crippen LogP contribution >= 0.6 is 11.8 Å². The van der Waals surface area contributed by atoms with Gasteiger partial charge < -0.3 is 14.4 Å². The smallest absolute Gasteiger partial charge is 0.191 e. The first kappa shape index (κ1) is 20.9. The third kappa shape index (κ3) is 5.59. The summed E-state index contributed by atoms with van der Waals surface area (Å²) < 4.78 is 7.71. The Balaban J connectivity index is 1.61. The number of aromatic nitrogens is 3. The molecule has 1 unspecified atom stereocenters. The second-order valence-corrected chi connectivity index (χ2v) is 7.73. The number of nitriles is 1. The molecule has 1 aromatic heterocycles. The Morgan fingerprint density at radius 3 is 2.69 bits per heavy atom. The van der Waals surface area contributed by atoms with Crippen LogP contribution in [0.1, 0.15) is 24.5 Å². The van der Waals surface area contributed by atoms with Crippen molar-refractivity contribution in [3.63, 3.8) is 0 Å². The molecule has 0 radical (unpaired) electrons. The van der Waals surface area contributed by atoms with Gasteiger partial charge in [0.2, 0.25) is 0 Å². The van der Waals surface area contributed by atoms with Gasteiger partial charge in [-0.2, -0.15) is 5.26 Å². The van der Waals surface area contributed by atoms with Crippen LogP contribution in [0.3, 0.4) is 0 Å². The number of aliphatic hydroxyl groups excluding tert-OH is 1. The van der Waals surface area contributed by atoms with E-state index >= 15 is 0 Å². The van der Waals surface area contributed by atoms with Gasteiger partial charge in [0.15, 0.2) is 11.0 Å². The minimum atomic E-state index is -0.648. The number of aliphatic hydroxyl groups is 1. The number of nitrogens with zero attached hydrogens (tertiary/aromatic N) is 4. The lowest BCUT2D eigenvalue weighted by atomic mass is 10.1. The van der Waals surface area contributed by atoms with Gasteiger partial charge in [-0.1, -0.05) is 42.4 Å². The summed E-state index contributed by atoms with van der Waals surface area (Å²) in [6.45, 7) is 5.17. The van der Waals surface area contributed by atoms with Crippen LogP contribution in [0.15, 0.2) is 53.7 Å². The molecule has 1 heterocycles. The maximum absolute atomic E-state index is 10.3. The lowest BCUT2D eigenvalue weighted by molar-refractivity contribution is 0.126. The van der Waals surface area contributed by atoms with Crippen molar-refractivity contribution in [2.75, 3.05) is 12.4 Å². The minimum Gasteiger partial charge on any atom is -0.491 e. The number of benzene rings is 2. The molecule has 150 valence electrons. The number of ether oxygens (including phenoxy) is 1. The van der Waals surface area contributed by atoms with Gasteiger partial charge in [-0.3, -0.25) is 0 Å². The molecule has 3 aromatic rings. The molecule has 0 aliphatic rings. The highest BCUT2D eigenvalue weighted by molar-refractivity contribution is 7.99. The number of hydrogen-bond acceptors (Lipinski definition) is 6. The molecular formula is C22H24N4O2S. The normalized spacial score (nSPS) is 11.8. The average Bonchev–Trinajstić information content (AvgIpc) is 3.14. The third-order valence-corrected chi connectivity index (χ3v) is 5.38. The Bertz CT molecular complexity index is 979. The van der Waals surface area contributed by atoms with Crippen molar-refractivity contribution < 1.29 is 9.84 Å². The van der Waals surface area contributed by atoms with E-state index in [-0.39, 0.29) is 6.61 Å². The Kier molecular flexibility index (Phi) is 7.28. The number of hydrogen-bond donors (Lipinski definition) is 1. The van der Waals surface area contributed by atoms with Gasteiger partial charge in [0.05, 0.1) is 17.7 Å². The topological polar surface area (TPSA) is 84.0 Å². The van der Waals surface area contributed by atoms with Crippen molar-refractivity contribution in [3.05, 3.63) is 59.7 Å². The predicted molar refractivity (Wildman–Crippen MR) is 114 cm³/mol. The van der Waals surface area contributed by atoms with E-state index in [2.05, 4.69) is 46.8 Å². The van der Waals surface area contributed by atoms with Gasteiger partial charge in [-0.25, -0.2) is 0 Å². The molecule has 0 aliphatic carbocycles. The standard InChI is InChI=1S/C22H24N4O2S/c1-3-11-26-21(18-6-4-5-16(2)12-18)24-25-22(26)29-15-19(27)14-28-20-9-7-17(13-23)8-10-20/h4-10,12,19,27H,3,11,14-15H2,1-2H3. The number of thioether (sulfide) groups is 1. The zero-order valence-electron chi connectivity index (χ0n) is 16.6. The van der Waals surface area contributed by atoms with E-state index < -0.39 is 6.10 Å². The summed E-state index contributed by atoms with van der Waals surface area (Å²) in [5.41, 5.74) is 2.80. The highest BCUT2D eigenvalue weighted by Crippen LogP contribution is 2.25. The summed E-state index contributed by atoms with van der Waals surface area (Å²) in [6, 6.07) is 17.1. The van der Waals surface area contributed by atoms with E-state index in [1.807, 2.05) is 12.1 Å². The van der Waals surface area contributed by atoms with E-state index in [0.29, 0.717) is 17.1 Å². The minimum absolute atomic E-state index is 0.172. The first-order chi connectivity index (χ1) is 14.1. The molecule has 0 amide bonds. The summed E-state index contributed by atoms with van der Waals surface area (Å²) in [6.07, 6.45) is 0.319. The van der Waals surface area contributed by atoms with Crippen LogP contribution < -0.4 is 4.74 Å². The van der Waals surface area contributed by atoms with E-state index in [0.717, 1.165) is 29.5 Å². The Morgan fingerprint density at radius 2 is 2.00 bits per heavy atom. The second kappa shape index (κ2) is 10.1. The number of rotatable bonds is 9. The highest BCUT2D eigenvalue weighted by atomic mass is 32.2. The van der Waals surface area contributed by atoms with Crippen molar-refractivity contribution >= 4 is 11.8 Å². The van der Waals surface area contributed by atoms with Crippen LogP contribution in [-0.4, -0.2) is 38.3 Å². The van der Waals surface area contributed by atoms with Crippen molar-refractivity contribution in [2.45, 2.75) is 38.1 Å². The fourth-order valence-electron chi connectivity index (χ4n) is 2.86. The molecule has 0 saturated carbocycles. The largest absolute Gasteiger partial charge is 0.491 e. The van der Waals surface area contributed by atoms with Crippen molar-refractivity contribution in [2.24, 2.45) is 0 Å². The lowest BCUT2D eigenvalue weighted by Crippen LogP contribution is -2.20. The van der Waals surface area contributed by atoms with Crippen molar-refractivity contribution in [1.29, 1.82) is 5.26 Å². The van der Waals surface area contributed by atoms with Crippen LogP contribution in [0, 0.1) is 18.3 Å². The Hall–Kier alpha value is -2.82. The summed E-state index contributed by atoms with van der Waals surface area (Å²) in [5, 5.41) is 28.6. The average molecular weight is 409 g/mol. The molecule has 0 saturated heterocycles. The SMILES string of the molecule is CCCn1c(SCC(O)COc2ccc(C#N)cc2)nnc1-c1cccc(C)c1. The maximum Gasteiger partial charge on any atom is 0.191 e. The van der Waals surface area contributed by atoms with Gasteiger partial charge in [0, 0.05) is 17.9 Å². The van der Waals surface area contributed by atoms with Crippen LogP contribution in [0.25, 0.3) is 11.4 Å². The molecule has 0 bridgehead atoms. The fraction of sp³-hybridized carbons (Fsp3) is 0.318. The summed E-state index contributed by atoms with van der Waals surface area (Å²) in [7, 11) is 0. The maximum atomic E-state index is 10.3. The first-order valence-electron chi connectivity index (χ1n) is 9.54. The molecule has 2 aromatic carbocycles. The van der Waals surface area contributed by atoms with Crippen LogP contribution in [0.2, 0.25) is 0 Å². The number of aryl methyl sites for hydroxylation is 1. The Labute approximate surface area is 175 Å².